The topological polar surface area (TPSA) is 165 Å². The summed E-state index contributed by atoms with van der Waals surface area (Å²) in [5.41, 5.74) is 5.96. The summed E-state index contributed by atoms with van der Waals surface area (Å²) < 4.78 is 17.3. The van der Waals surface area contributed by atoms with Crippen LogP contribution < -0.4 is 4.89 Å². The Balaban J connectivity index is 0.000000266. The van der Waals surface area contributed by atoms with Gasteiger partial charge in [-0.2, -0.15) is 0 Å². The van der Waals surface area contributed by atoms with Crippen molar-refractivity contribution in [2.75, 3.05) is 0 Å². The quantitative estimate of drug-likeness (QED) is 0.0713. The van der Waals surface area contributed by atoms with Crippen LogP contribution in [0.2, 0.25) is 0 Å². The summed E-state index contributed by atoms with van der Waals surface area (Å²) >= 11 is -1.76. The molecule has 0 amide bonds. The smallest absolute Gasteiger partial charge is 0.279 e. The third kappa shape index (κ3) is 10.1. The minimum absolute atomic E-state index is 0.0147. The van der Waals surface area contributed by atoms with Crippen LogP contribution >= 0.6 is 0 Å². The molecule has 0 aliphatic carbocycles. The number of nitro groups is 3. The highest BCUT2D eigenvalue weighted by Crippen LogP contribution is 2.31. The van der Waals surface area contributed by atoms with Gasteiger partial charge in [0.25, 0.3) is 17.1 Å². The van der Waals surface area contributed by atoms with Gasteiger partial charge in [0.2, 0.25) is 11.1 Å². The largest absolute Gasteiger partial charge is 0.323 e. The number of rotatable bonds is 12. The first kappa shape index (κ1) is 36.1. The van der Waals surface area contributed by atoms with Gasteiger partial charge in [0.1, 0.15) is 5.56 Å². The molecule has 0 saturated heterocycles. The van der Waals surface area contributed by atoms with E-state index in [1.165, 1.54) is 29.8 Å². The molecule has 0 N–H and O–H groups in total. The van der Waals surface area contributed by atoms with Crippen LogP contribution in [0, 0.1) is 51.1 Å². The summed E-state index contributed by atoms with van der Waals surface area (Å²) in [5, 5.41) is 33.5. The molecular weight excluding hydrogens is 650 g/mol. The van der Waals surface area contributed by atoms with E-state index >= 15 is 0 Å². The van der Waals surface area contributed by atoms with Gasteiger partial charge in [0, 0.05) is 36.6 Å². The maximum Gasteiger partial charge on any atom is 0.279 e. The van der Waals surface area contributed by atoms with E-state index in [9.17, 15) is 34.6 Å². The molecule has 0 radical (unpaired) electrons. The molecule has 0 heterocycles. The van der Waals surface area contributed by atoms with E-state index in [0.29, 0.717) is 12.0 Å². The lowest BCUT2D eigenvalue weighted by Gasteiger charge is -2.10. The van der Waals surface area contributed by atoms with Gasteiger partial charge < -0.3 is 4.89 Å². The molecule has 252 valence electrons. The van der Waals surface area contributed by atoms with Gasteiger partial charge in [-0.3, -0.25) is 30.3 Å². The van der Waals surface area contributed by atoms with Crippen LogP contribution in [0.15, 0.2) is 109 Å². The molecule has 0 bridgehead atoms. The van der Waals surface area contributed by atoms with Crippen molar-refractivity contribution in [1.29, 1.82) is 0 Å². The van der Waals surface area contributed by atoms with Crippen molar-refractivity contribution in [3.05, 3.63) is 184 Å². The van der Waals surface area contributed by atoms with Crippen LogP contribution in [0.25, 0.3) is 0 Å². The molecule has 49 heavy (non-hydrogen) atoms. The summed E-state index contributed by atoms with van der Waals surface area (Å²) in [7, 11) is 0. The van der Waals surface area contributed by atoms with Crippen molar-refractivity contribution >= 4 is 28.1 Å². The van der Waals surface area contributed by atoms with Gasteiger partial charge in [-0.1, -0.05) is 82.7 Å². The molecule has 5 rings (SSSR count). The second-order valence-corrected chi connectivity index (χ2v) is 12.2. The monoisotopic (exact) mass is 683 g/mol. The normalized spacial score (nSPS) is 11.2. The lowest BCUT2D eigenvalue weighted by Crippen LogP contribution is -2.07. The molecule has 5 aromatic rings. The third-order valence-corrected chi connectivity index (χ3v) is 8.36. The van der Waals surface area contributed by atoms with Crippen LogP contribution in [-0.4, -0.2) is 19.0 Å². The summed E-state index contributed by atoms with van der Waals surface area (Å²) in [6.45, 7) is 5.87. The lowest BCUT2D eigenvalue weighted by atomic mass is 10.0. The van der Waals surface area contributed by atoms with E-state index in [0.717, 1.165) is 27.8 Å². The highest BCUT2D eigenvalue weighted by molar-refractivity contribution is 7.79. The van der Waals surface area contributed by atoms with E-state index in [1.54, 1.807) is 36.4 Å². The van der Waals surface area contributed by atoms with Crippen LogP contribution in [0.3, 0.4) is 0 Å². The molecule has 1 unspecified atom stereocenters. The van der Waals surface area contributed by atoms with Gasteiger partial charge in [-0.25, -0.2) is 4.21 Å². The van der Waals surface area contributed by atoms with Crippen molar-refractivity contribution in [2.24, 2.45) is 0 Å². The SMILES string of the molecule is Cc1ccc(Cc2ccccc2[N+](=O)[O-])cc1.Cc1cccc(C)c1CS(=O)OOc1cccc(Cc2c([N+](=O)[O-])cccc2[N+](=O)[O-])c1. The molecule has 0 aromatic heterocycles. The Kier molecular flexibility index (Phi) is 12.4. The molecule has 1 atom stereocenters. The number of hydrogen-bond donors (Lipinski definition) is 0. The Morgan fingerprint density at radius 1 is 0.592 bits per heavy atom. The minimum Gasteiger partial charge on any atom is -0.323 e. The Hall–Kier alpha value is -5.79. The summed E-state index contributed by atoms with van der Waals surface area (Å²) in [6, 6.07) is 30.8. The summed E-state index contributed by atoms with van der Waals surface area (Å²) in [5.74, 6) is 0.374. The van der Waals surface area contributed by atoms with Crippen LogP contribution in [0.1, 0.15) is 44.5 Å². The van der Waals surface area contributed by atoms with Gasteiger partial charge in [0.15, 0.2) is 5.75 Å². The van der Waals surface area contributed by atoms with Crippen LogP contribution in [-0.2, 0) is 34.0 Å². The van der Waals surface area contributed by atoms with E-state index in [4.69, 9.17) is 9.22 Å². The molecule has 12 nitrogen and oxygen atoms in total. The first-order valence-electron chi connectivity index (χ1n) is 15.0. The predicted molar refractivity (Wildman–Crippen MR) is 186 cm³/mol. The first-order chi connectivity index (χ1) is 23.4. The fraction of sp³-hybridized carbons (Fsp3) is 0.167. The van der Waals surface area contributed by atoms with Gasteiger partial charge >= 0.3 is 0 Å². The van der Waals surface area contributed by atoms with E-state index < -0.39 is 20.9 Å². The molecule has 5 aromatic carbocycles. The number of nitrogens with zero attached hydrogens (tertiary/aromatic N) is 3. The Bertz CT molecular complexity index is 1950. The number of benzene rings is 5. The van der Waals surface area contributed by atoms with Crippen molar-refractivity contribution in [2.45, 2.75) is 39.4 Å². The molecule has 0 saturated carbocycles. The second-order valence-electron chi connectivity index (χ2n) is 11.1. The molecule has 0 fully saturated rings. The maximum atomic E-state index is 12.3. The fourth-order valence-corrected chi connectivity index (χ4v) is 5.95. The molecular formula is C36H33N3O9S. The van der Waals surface area contributed by atoms with Crippen LogP contribution in [0.4, 0.5) is 17.1 Å². The summed E-state index contributed by atoms with van der Waals surface area (Å²) in [6.07, 6.45) is 0.535. The molecule has 0 aliphatic rings. The molecule has 0 aliphatic heterocycles. The zero-order chi connectivity index (χ0) is 35.5. The highest BCUT2D eigenvalue weighted by atomic mass is 32.2. The van der Waals surface area contributed by atoms with E-state index in [1.807, 2.05) is 69.3 Å². The zero-order valence-electron chi connectivity index (χ0n) is 26.9. The Labute approximate surface area is 285 Å². The van der Waals surface area contributed by atoms with Crippen molar-refractivity contribution in [3.8, 4) is 5.75 Å². The number of para-hydroxylation sites is 1. The van der Waals surface area contributed by atoms with Gasteiger partial charge in [0.05, 0.1) is 20.5 Å². The Morgan fingerprint density at radius 2 is 1.14 bits per heavy atom. The summed E-state index contributed by atoms with van der Waals surface area (Å²) in [4.78, 5) is 37.1. The standard InChI is InChI=1S/C22H20N2O7S.C14H13NO2/c1-15-6-3-7-16(2)20(15)14-32(29)31-30-18-9-4-8-17(12-18)13-19-21(23(25)26)10-5-11-22(19)24(27)28;1-11-6-8-12(9-7-11)10-13-4-2-3-5-14(13)15(16)17/h3-12H,13-14H2,1-2H3;2-9H,10H2,1H3. The van der Waals surface area contributed by atoms with E-state index in [-0.39, 0.29) is 45.5 Å². The van der Waals surface area contributed by atoms with Gasteiger partial charge in [-0.15, -0.1) is 0 Å². The number of nitro benzene ring substituents is 3. The van der Waals surface area contributed by atoms with Crippen molar-refractivity contribution in [1.82, 2.24) is 0 Å². The number of hydrogen-bond acceptors (Lipinski definition) is 9. The lowest BCUT2D eigenvalue weighted by molar-refractivity contribution is -0.395. The van der Waals surface area contributed by atoms with Crippen molar-refractivity contribution < 1.29 is 28.2 Å². The predicted octanol–water partition coefficient (Wildman–Crippen LogP) is 8.38. The third-order valence-electron chi connectivity index (χ3n) is 7.62. The average Bonchev–Trinajstić information content (AvgIpc) is 3.07. The van der Waals surface area contributed by atoms with Crippen LogP contribution in [0.5, 0.6) is 5.75 Å². The molecule has 0 spiro atoms. The first-order valence-corrected chi connectivity index (χ1v) is 16.2. The Morgan fingerprint density at radius 3 is 1.76 bits per heavy atom. The van der Waals surface area contributed by atoms with Gasteiger partial charge in [-0.05, 0) is 66.8 Å². The highest BCUT2D eigenvalue weighted by Gasteiger charge is 2.24. The second kappa shape index (κ2) is 16.9. The maximum absolute atomic E-state index is 12.3. The van der Waals surface area contributed by atoms with E-state index in [2.05, 4.69) is 0 Å². The minimum atomic E-state index is -1.76. The fourth-order valence-electron chi connectivity index (χ4n) is 5.06. The van der Waals surface area contributed by atoms with Crippen molar-refractivity contribution in [3.63, 3.8) is 0 Å². The zero-order valence-corrected chi connectivity index (χ0v) is 27.8. The molecule has 13 heteroatoms. The number of aryl methyl sites for hydroxylation is 3. The average molecular weight is 684 g/mol.